The molecule has 0 spiro atoms. The molecule has 0 aliphatic rings. The highest BCUT2D eigenvalue weighted by Crippen LogP contribution is 2.22. The number of carbonyl (C=O) groups is 1. The molecule has 0 aliphatic carbocycles. The van der Waals surface area contributed by atoms with Crippen LogP contribution in [0.3, 0.4) is 0 Å². The minimum atomic E-state index is -0.327. The van der Waals surface area contributed by atoms with Gasteiger partial charge in [0.1, 0.15) is 0 Å². The molecule has 0 saturated heterocycles. The van der Waals surface area contributed by atoms with Crippen molar-refractivity contribution in [2.75, 3.05) is 11.4 Å². The van der Waals surface area contributed by atoms with E-state index >= 15 is 0 Å². The Morgan fingerprint density at radius 2 is 1.78 bits per heavy atom. The lowest BCUT2D eigenvalue weighted by Gasteiger charge is -2.18. The molecule has 0 fully saturated rings. The maximum absolute atomic E-state index is 12.6. The van der Waals surface area contributed by atoms with Crippen LogP contribution in [0.5, 0.6) is 0 Å². The van der Waals surface area contributed by atoms with Gasteiger partial charge in [-0.2, -0.15) is 0 Å². The molecule has 0 unspecified atom stereocenters. The molecule has 1 amide bonds. The molecular formula is C17H14ClN3O2. The third-order valence-electron chi connectivity index (χ3n) is 3.33. The fourth-order valence-electron chi connectivity index (χ4n) is 2.19. The van der Waals surface area contributed by atoms with Gasteiger partial charge < -0.3 is 9.32 Å². The average molecular weight is 328 g/mol. The highest BCUT2D eigenvalue weighted by atomic mass is 35.5. The molecule has 5 nitrogen and oxygen atoms in total. The molecular weight excluding hydrogens is 314 g/mol. The van der Waals surface area contributed by atoms with E-state index in [9.17, 15) is 4.79 Å². The SMILES string of the molecule is CCN(C(=O)c1nnc(-c2ccc(Cl)cc2)o1)c1ccccc1. The van der Waals surface area contributed by atoms with E-state index in [0.29, 0.717) is 17.1 Å². The van der Waals surface area contributed by atoms with E-state index in [4.69, 9.17) is 16.0 Å². The van der Waals surface area contributed by atoms with Gasteiger partial charge in [0.15, 0.2) is 0 Å². The molecule has 0 saturated carbocycles. The Balaban J connectivity index is 1.87. The summed E-state index contributed by atoms with van der Waals surface area (Å²) in [6, 6.07) is 16.3. The smallest absolute Gasteiger partial charge is 0.315 e. The van der Waals surface area contributed by atoms with Gasteiger partial charge in [0.05, 0.1) is 0 Å². The standard InChI is InChI=1S/C17H14ClN3O2/c1-2-21(14-6-4-3-5-7-14)17(22)16-20-19-15(23-16)12-8-10-13(18)11-9-12/h3-11H,2H2,1H3. The van der Waals surface area contributed by atoms with Crippen LogP contribution in [0.15, 0.2) is 59.0 Å². The predicted octanol–water partition coefficient (Wildman–Crippen LogP) is 4.06. The number of benzene rings is 2. The van der Waals surface area contributed by atoms with E-state index in [0.717, 1.165) is 5.69 Å². The van der Waals surface area contributed by atoms with Crippen LogP contribution in [0, 0.1) is 0 Å². The zero-order valence-corrected chi connectivity index (χ0v) is 13.2. The topological polar surface area (TPSA) is 59.2 Å². The highest BCUT2D eigenvalue weighted by molar-refractivity contribution is 6.30. The summed E-state index contributed by atoms with van der Waals surface area (Å²) < 4.78 is 5.52. The summed E-state index contributed by atoms with van der Waals surface area (Å²) >= 11 is 5.86. The van der Waals surface area contributed by atoms with E-state index < -0.39 is 0 Å². The van der Waals surface area contributed by atoms with Crippen LogP contribution in [-0.2, 0) is 0 Å². The molecule has 3 aromatic rings. The minimum absolute atomic E-state index is 0.0411. The van der Waals surface area contributed by atoms with Crippen LogP contribution >= 0.6 is 11.6 Å². The summed E-state index contributed by atoms with van der Waals surface area (Å²) in [5.74, 6) is -0.0822. The number of rotatable bonds is 4. The number of para-hydroxylation sites is 1. The van der Waals surface area contributed by atoms with Crippen molar-refractivity contribution in [3.05, 3.63) is 65.5 Å². The second-order valence-electron chi connectivity index (χ2n) is 4.80. The van der Waals surface area contributed by atoms with Gasteiger partial charge in [0.25, 0.3) is 0 Å². The number of aromatic nitrogens is 2. The number of amides is 1. The first kappa shape index (κ1) is 15.2. The van der Waals surface area contributed by atoms with Crippen molar-refractivity contribution in [3.63, 3.8) is 0 Å². The molecule has 2 aromatic carbocycles. The summed E-state index contributed by atoms with van der Waals surface area (Å²) in [6.07, 6.45) is 0. The fourth-order valence-corrected chi connectivity index (χ4v) is 2.31. The molecule has 0 N–H and O–H groups in total. The van der Waals surface area contributed by atoms with E-state index in [-0.39, 0.29) is 17.7 Å². The van der Waals surface area contributed by atoms with Crippen molar-refractivity contribution < 1.29 is 9.21 Å². The van der Waals surface area contributed by atoms with Gasteiger partial charge in [-0.3, -0.25) is 4.79 Å². The Morgan fingerprint density at radius 3 is 2.43 bits per heavy atom. The van der Waals surface area contributed by atoms with Crippen molar-refractivity contribution >= 4 is 23.2 Å². The summed E-state index contributed by atoms with van der Waals surface area (Å²) in [7, 11) is 0. The second-order valence-corrected chi connectivity index (χ2v) is 5.24. The third kappa shape index (κ3) is 3.24. The number of carbonyl (C=O) groups excluding carboxylic acids is 1. The number of anilines is 1. The fraction of sp³-hybridized carbons (Fsp3) is 0.118. The lowest BCUT2D eigenvalue weighted by Crippen LogP contribution is -2.30. The summed E-state index contributed by atoms with van der Waals surface area (Å²) in [6.45, 7) is 2.39. The van der Waals surface area contributed by atoms with Gasteiger partial charge in [-0.1, -0.05) is 29.8 Å². The van der Waals surface area contributed by atoms with E-state index in [1.165, 1.54) is 0 Å². The number of nitrogens with zero attached hydrogens (tertiary/aromatic N) is 3. The molecule has 6 heteroatoms. The van der Waals surface area contributed by atoms with Crippen LogP contribution in [-0.4, -0.2) is 22.6 Å². The van der Waals surface area contributed by atoms with Gasteiger partial charge >= 0.3 is 11.8 Å². The Kier molecular flexibility index (Phi) is 4.39. The number of halogens is 1. The Hall–Kier alpha value is -2.66. The summed E-state index contributed by atoms with van der Waals surface area (Å²) in [5, 5.41) is 8.43. The maximum atomic E-state index is 12.6. The quantitative estimate of drug-likeness (QED) is 0.725. The zero-order valence-electron chi connectivity index (χ0n) is 12.4. The molecule has 0 radical (unpaired) electrons. The monoisotopic (exact) mass is 327 g/mol. The van der Waals surface area contributed by atoms with E-state index in [1.807, 2.05) is 37.3 Å². The third-order valence-corrected chi connectivity index (χ3v) is 3.58. The van der Waals surface area contributed by atoms with Gasteiger partial charge in [0.2, 0.25) is 5.89 Å². The van der Waals surface area contributed by atoms with Gasteiger partial charge in [0, 0.05) is 22.8 Å². The zero-order chi connectivity index (χ0) is 16.2. The molecule has 1 aromatic heterocycles. The second kappa shape index (κ2) is 6.62. The summed E-state index contributed by atoms with van der Waals surface area (Å²) in [4.78, 5) is 14.2. The number of hydrogen-bond donors (Lipinski definition) is 0. The Bertz CT molecular complexity index is 800. The minimum Gasteiger partial charge on any atom is -0.412 e. The van der Waals surface area contributed by atoms with Crippen LogP contribution < -0.4 is 4.90 Å². The Morgan fingerprint density at radius 1 is 1.09 bits per heavy atom. The van der Waals surface area contributed by atoms with Crippen molar-refractivity contribution in [1.29, 1.82) is 0 Å². The molecule has 0 atom stereocenters. The van der Waals surface area contributed by atoms with Crippen LogP contribution in [0.1, 0.15) is 17.6 Å². The lowest BCUT2D eigenvalue weighted by atomic mass is 10.2. The molecule has 1 heterocycles. The number of hydrogen-bond acceptors (Lipinski definition) is 4. The van der Waals surface area contributed by atoms with Crippen molar-refractivity contribution in [2.24, 2.45) is 0 Å². The lowest BCUT2D eigenvalue weighted by molar-refractivity contribution is 0.0955. The molecule has 0 aliphatic heterocycles. The van der Waals surface area contributed by atoms with Crippen molar-refractivity contribution in [3.8, 4) is 11.5 Å². The Labute approximate surface area is 138 Å². The van der Waals surface area contributed by atoms with Gasteiger partial charge in [-0.15, -0.1) is 10.2 Å². The normalized spacial score (nSPS) is 10.5. The van der Waals surface area contributed by atoms with E-state index in [2.05, 4.69) is 10.2 Å². The molecule has 3 rings (SSSR count). The highest BCUT2D eigenvalue weighted by Gasteiger charge is 2.22. The van der Waals surface area contributed by atoms with E-state index in [1.54, 1.807) is 29.2 Å². The maximum Gasteiger partial charge on any atom is 0.315 e. The summed E-state index contributed by atoms with van der Waals surface area (Å²) in [5.41, 5.74) is 1.50. The molecule has 116 valence electrons. The first-order chi connectivity index (χ1) is 11.2. The van der Waals surface area contributed by atoms with Crippen molar-refractivity contribution in [1.82, 2.24) is 10.2 Å². The molecule has 23 heavy (non-hydrogen) atoms. The van der Waals surface area contributed by atoms with Crippen LogP contribution in [0.2, 0.25) is 5.02 Å². The first-order valence-electron chi connectivity index (χ1n) is 7.15. The average Bonchev–Trinajstić information content (AvgIpc) is 3.07. The van der Waals surface area contributed by atoms with Crippen LogP contribution in [0.4, 0.5) is 5.69 Å². The van der Waals surface area contributed by atoms with Gasteiger partial charge in [-0.25, -0.2) is 0 Å². The largest absolute Gasteiger partial charge is 0.412 e. The molecule has 0 bridgehead atoms. The van der Waals surface area contributed by atoms with Gasteiger partial charge in [-0.05, 0) is 43.3 Å². The van der Waals surface area contributed by atoms with Crippen molar-refractivity contribution in [2.45, 2.75) is 6.92 Å². The first-order valence-corrected chi connectivity index (χ1v) is 7.53. The predicted molar refractivity (Wildman–Crippen MR) is 88.5 cm³/mol. The van der Waals surface area contributed by atoms with Crippen LogP contribution in [0.25, 0.3) is 11.5 Å².